The molecule has 0 radical (unpaired) electrons. The molecule has 0 atom stereocenters. The van der Waals surface area contributed by atoms with Crippen LogP contribution in [0.4, 0.5) is 0 Å². The van der Waals surface area contributed by atoms with Gasteiger partial charge >= 0.3 is 0 Å². The van der Waals surface area contributed by atoms with Gasteiger partial charge in [0.2, 0.25) is 5.91 Å². The third-order valence-corrected chi connectivity index (χ3v) is 3.54. The standard InChI is InChI=1S/C11H23N3O/c1-13(2)11(6-4-7-11)9-14(3)8-5-10(12)15/h4-9H2,1-3H3,(H2,12,15). The van der Waals surface area contributed by atoms with E-state index in [1.165, 1.54) is 19.3 Å². The quantitative estimate of drug-likeness (QED) is 0.689. The molecule has 1 aliphatic carbocycles. The highest BCUT2D eigenvalue weighted by molar-refractivity contribution is 5.73. The van der Waals surface area contributed by atoms with Gasteiger partial charge in [-0.3, -0.25) is 4.79 Å². The summed E-state index contributed by atoms with van der Waals surface area (Å²) in [6, 6.07) is 0. The predicted molar refractivity (Wildman–Crippen MR) is 61.6 cm³/mol. The van der Waals surface area contributed by atoms with Crippen LogP contribution in [-0.4, -0.2) is 55.5 Å². The number of nitrogens with zero attached hydrogens (tertiary/aromatic N) is 2. The van der Waals surface area contributed by atoms with Crippen LogP contribution in [0.5, 0.6) is 0 Å². The Kier molecular flexibility index (Phi) is 4.11. The second-order valence-electron chi connectivity index (χ2n) is 4.93. The first-order valence-corrected chi connectivity index (χ1v) is 5.60. The van der Waals surface area contributed by atoms with Gasteiger partial charge in [0.05, 0.1) is 0 Å². The molecule has 1 amide bonds. The van der Waals surface area contributed by atoms with Crippen LogP contribution in [0.3, 0.4) is 0 Å². The molecule has 2 N–H and O–H groups in total. The van der Waals surface area contributed by atoms with Gasteiger partial charge in [0.25, 0.3) is 0 Å². The number of rotatable bonds is 6. The summed E-state index contributed by atoms with van der Waals surface area (Å²) >= 11 is 0. The second-order valence-corrected chi connectivity index (χ2v) is 4.93. The van der Waals surface area contributed by atoms with Gasteiger partial charge in [0, 0.05) is 25.0 Å². The molecule has 0 aliphatic heterocycles. The fraction of sp³-hybridized carbons (Fsp3) is 0.909. The molecule has 1 fully saturated rings. The molecule has 0 spiro atoms. The van der Waals surface area contributed by atoms with Crippen molar-refractivity contribution in [2.45, 2.75) is 31.2 Å². The summed E-state index contributed by atoms with van der Waals surface area (Å²) in [5.74, 6) is -0.214. The molecule has 4 nitrogen and oxygen atoms in total. The molecule has 1 saturated carbocycles. The summed E-state index contributed by atoms with van der Waals surface area (Å²) in [7, 11) is 6.34. The van der Waals surface area contributed by atoms with Crippen LogP contribution >= 0.6 is 0 Å². The van der Waals surface area contributed by atoms with Crippen molar-refractivity contribution in [1.82, 2.24) is 9.80 Å². The largest absolute Gasteiger partial charge is 0.370 e. The molecular weight excluding hydrogens is 190 g/mol. The monoisotopic (exact) mass is 213 g/mol. The van der Waals surface area contributed by atoms with Crippen molar-refractivity contribution in [3.8, 4) is 0 Å². The fourth-order valence-corrected chi connectivity index (χ4v) is 2.21. The first-order chi connectivity index (χ1) is 6.96. The zero-order chi connectivity index (χ0) is 11.5. The molecular formula is C11H23N3O. The van der Waals surface area contributed by atoms with E-state index in [4.69, 9.17) is 5.73 Å². The fourth-order valence-electron chi connectivity index (χ4n) is 2.21. The Labute approximate surface area is 92.4 Å². The van der Waals surface area contributed by atoms with Gasteiger partial charge in [-0.05, 0) is 40.4 Å². The van der Waals surface area contributed by atoms with Gasteiger partial charge in [0.1, 0.15) is 0 Å². The Morgan fingerprint density at radius 1 is 1.33 bits per heavy atom. The number of primary amides is 1. The molecule has 0 heterocycles. The minimum Gasteiger partial charge on any atom is -0.370 e. The smallest absolute Gasteiger partial charge is 0.218 e. The van der Waals surface area contributed by atoms with Crippen LogP contribution in [0.1, 0.15) is 25.7 Å². The molecule has 0 aromatic heterocycles. The van der Waals surface area contributed by atoms with E-state index in [-0.39, 0.29) is 5.91 Å². The van der Waals surface area contributed by atoms with Crippen LogP contribution in [0.15, 0.2) is 0 Å². The highest BCUT2D eigenvalue weighted by atomic mass is 16.1. The lowest BCUT2D eigenvalue weighted by atomic mass is 9.75. The van der Waals surface area contributed by atoms with E-state index < -0.39 is 0 Å². The minimum absolute atomic E-state index is 0.214. The summed E-state index contributed by atoms with van der Waals surface area (Å²) in [6.07, 6.45) is 4.31. The van der Waals surface area contributed by atoms with Crippen LogP contribution in [0.2, 0.25) is 0 Å². The molecule has 88 valence electrons. The average molecular weight is 213 g/mol. The van der Waals surface area contributed by atoms with Gasteiger partial charge < -0.3 is 15.5 Å². The molecule has 0 bridgehead atoms. The molecule has 1 aliphatic rings. The number of amides is 1. The normalized spacial score (nSPS) is 19.3. The van der Waals surface area contributed by atoms with Gasteiger partial charge in [0.15, 0.2) is 0 Å². The van der Waals surface area contributed by atoms with Gasteiger partial charge in [-0.2, -0.15) is 0 Å². The minimum atomic E-state index is -0.214. The van der Waals surface area contributed by atoms with Crippen molar-refractivity contribution in [1.29, 1.82) is 0 Å². The van der Waals surface area contributed by atoms with Gasteiger partial charge in [-0.1, -0.05) is 0 Å². The Bertz CT molecular complexity index is 224. The second kappa shape index (κ2) is 4.94. The molecule has 15 heavy (non-hydrogen) atoms. The molecule has 4 heteroatoms. The number of carbonyl (C=O) groups excluding carboxylic acids is 1. The van der Waals surface area contributed by atoms with Crippen LogP contribution in [-0.2, 0) is 4.79 Å². The predicted octanol–water partition coefficient (Wildman–Crippen LogP) is 0.278. The van der Waals surface area contributed by atoms with Gasteiger partial charge in [-0.15, -0.1) is 0 Å². The summed E-state index contributed by atoms with van der Waals surface area (Å²) in [6.45, 7) is 1.80. The van der Waals surface area contributed by atoms with E-state index in [1.54, 1.807) is 0 Å². The molecule has 0 saturated heterocycles. The van der Waals surface area contributed by atoms with Crippen molar-refractivity contribution in [2.75, 3.05) is 34.2 Å². The van der Waals surface area contributed by atoms with E-state index in [1.807, 2.05) is 0 Å². The van der Waals surface area contributed by atoms with Crippen molar-refractivity contribution >= 4 is 5.91 Å². The summed E-state index contributed by atoms with van der Waals surface area (Å²) in [4.78, 5) is 15.2. The Balaban J connectivity index is 2.35. The lowest BCUT2D eigenvalue weighted by Gasteiger charge is -2.49. The number of hydrogen-bond acceptors (Lipinski definition) is 3. The van der Waals surface area contributed by atoms with Gasteiger partial charge in [-0.25, -0.2) is 0 Å². The third-order valence-electron chi connectivity index (χ3n) is 3.54. The average Bonchev–Trinajstić information content (AvgIpc) is 2.07. The van der Waals surface area contributed by atoms with E-state index >= 15 is 0 Å². The molecule has 0 aromatic rings. The third kappa shape index (κ3) is 3.18. The highest BCUT2D eigenvalue weighted by Crippen LogP contribution is 2.36. The van der Waals surface area contributed by atoms with Crippen LogP contribution in [0, 0.1) is 0 Å². The zero-order valence-electron chi connectivity index (χ0n) is 10.1. The lowest BCUT2D eigenvalue weighted by Crippen LogP contribution is -2.56. The van der Waals surface area contributed by atoms with E-state index in [0.717, 1.165) is 13.1 Å². The lowest BCUT2D eigenvalue weighted by molar-refractivity contribution is -0.118. The maximum atomic E-state index is 10.7. The number of likely N-dealkylation sites (N-methyl/N-ethyl adjacent to an activating group) is 2. The van der Waals surface area contributed by atoms with E-state index in [9.17, 15) is 4.79 Å². The summed E-state index contributed by atoms with van der Waals surface area (Å²) in [5, 5.41) is 0. The van der Waals surface area contributed by atoms with Crippen LogP contribution < -0.4 is 5.73 Å². The first-order valence-electron chi connectivity index (χ1n) is 5.60. The summed E-state index contributed by atoms with van der Waals surface area (Å²) < 4.78 is 0. The Morgan fingerprint density at radius 3 is 2.27 bits per heavy atom. The van der Waals surface area contributed by atoms with Crippen molar-refractivity contribution < 1.29 is 4.79 Å². The number of hydrogen-bond donors (Lipinski definition) is 1. The zero-order valence-corrected chi connectivity index (χ0v) is 10.1. The SMILES string of the molecule is CN(CCC(N)=O)CC1(N(C)C)CCC1. The maximum Gasteiger partial charge on any atom is 0.218 e. The molecule has 0 unspecified atom stereocenters. The topological polar surface area (TPSA) is 49.6 Å². The number of carbonyl (C=O) groups is 1. The van der Waals surface area contributed by atoms with Crippen molar-refractivity contribution in [3.63, 3.8) is 0 Å². The summed E-state index contributed by atoms with van der Waals surface area (Å²) in [5.41, 5.74) is 5.47. The van der Waals surface area contributed by atoms with Crippen LogP contribution in [0.25, 0.3) is 0 Å². The Morgan fingerprint density at radius 2 is 1.93 bits per heavy atom. The highest BCUT2D eigenvalue weighted by Gasteiger charge is 2.39. The number of nitrogens with two attached hydrogens (primary N) is 1. The van der Waals surface area contributed by atoms with Crippen molar-refractivity contribution in [2.24, 2.45) is 5.73 Å². The van der Waals surface area contributed by atoms with E-state index in [0.29, 0.717) is 12.0 Å². The maximum absolute atomic E-state index is 10.7. The molecule has 0 aromatic carbocycles. The molecule has 1 rings (SSSR count). The van der Waals surface area contributed by atoms with Crippen molar-refractivity contribution in [3.05, 3.63) is 0 Å². The first kappa shape index (κ1) is 12.5. The Hall–Kier alpha value is -0.610. The van der Waals surface area contributed by atoms with E-state index in [2.05, 4.69) is 30.9 Å².